The van der Waals surface area contributed by atoms with Gasteiger partial charge in [0.2, 0.25) is 5.71 Å². The van der Waals surface area contributed by atoms with Gasteiger partial charge in [0.15, 0.2) is 11.6 Å². The van der Waals surface area contributed by atoms with Gasteiger partial charge in [-0.2, -0.15) is 4.98 Å². The second-order valence-corrected chi connectivity index (χ2v) is 14.2. The van der Waals surface area contributed by atoms with E-state index in [0.717, 1.165) is 72.0 Å². The third kappa shape index (κ3) is 4.47. The molecule has 0 aliphatic heterocycles. The summed E-state index contributed by atoms with van der Waals surface area (Å²) in [5.74, 6) is 1.40. The molecule has 0 amide bonds. The van der Waals surface area contributed by atoms with Crippen molar-refractivity contribution in [3.8, 4) is 34.0 Å². The van der Waals surface area contributed by atoms with Crippen molar-refractivity contribution in [1.82, 2.24) is 19.1 Å². The lowest BCUT2D eigenvalue weighted by molar-refractivity contribution is 0.653. The van der Waals surface area contributed by atoms with Gasteiger partial charge in [-0.25, -0.2) is 4.98 Å². The van der Waals surface area contributed by atoms with E-state index in [1.165, 1.54) is 26.9 Å². The predicted molar refractivity (Wildman–Crippen MR) is 226 cm³/mol. The predicted octanol–water partition coefficient (Wildman–Crippen LogP) is 13.1. The van der Waals surface area contributed by atoms with E-state index in [0.29, 0.717) is 11.5 Å². The molecule has 0 radical (unpaired) electrons. The number of aromatic nitrogens is 4. The summed E-state index contributed by atoms with van der Waals surface area (Å²) in [6, 6.07) is 64.4. The number of benzene rings is 8. The number of rotatable bonds is 4. The van der Waals surface area contributed by atoms with Crippen molar-refractivity contribution < 1.29 is 4.42 Å². The Morgan fingerprint density at radius 2 is 0.982 bits per heavy atom. The first kappa shape index (κ1) is 30.0. The third-order valence-corrected chi connectivity index (χ3v) is 11.1. The molecule has 0 aliphatic rings. The molecule has 0 atom stereocenters. The van der Waals surface area contributed by atoms with Crippen LogP contribution < -0.4 is 0 Å². The molecule has 5 heteroatoms. The molecule has 55 heavy (non-hydrogen) atoms. The number of hydrogen-bond donors (Lipinski definition) is 0. The summed E-state index contributed by atoms with van der Waals surface area (Å²) >= 11 is 0. The molecular weight excluding hydrogens is 673 g/mol. The summed E-state index contributed by atoms with van der Waals surface area (Å²) < 4.78 is 11.3. The van der Waals surface area contributed by atoms with E-state index in [4.69, 9.17) is 14.4 Å². The van der Waals surface area contributed by atoms with Crippen LogP contribution in [0, 0.1) is 0 Å². The summed E-state index contributed by atoms with van der Waals surface area (Å²) in [7, 11) is 0. The van der Waals surface area contributed by atoms with Crippen LogP contribution in [0.15, 0.2) is 186 Å². The molecule has 4 heterocycles. The lowest BCUT2D eigenvalue weighted by Crippen LogP contribution is -2.02. The van der Waals surface area contributed by atoms with Gasteiger partial charge in [0, 0.05) is 38.2 Å². The molecule has 256 valence electrons. The standard InChI is InChI=1S/C50H30N4O/c1-3-13-31(14-4-1)34-24-26-46-41(28-34)47-49(54-43-22-12-10-20-38(43)40-27-32-15-7-8-16-33(32)30-45(40)54)51-48(52-50(47)55-46)35-23-25-44-39(29-35)37-19-9-11-21-42(37)53(44)36-17-5-2-6-18-36/h1-30H. The maximum atomic E-state index is 6.69. The molecule has 0 saturated heterocycles. The highest BCUT2D eigenvalue weighted by Crippen LogP contribution is 2.41. The van der Waals surface area contributed by atoms with Crippen LogP contribution in [0.5, 0.6) is 0 Å². The number of para-hydroxylation sites is 3. The zero-order chi connectivity index (χ0) is 36.0. The highest BCUT2D eigenvalue weighted by molar-refractivity contribution is 6.16. The highest BCUT2D eigenvalue weighted by atomic mass is 16.3. The second-order valence-electron chi connectivity index (χ2n) is 14.2. The molecule has 0 aliphatic carbocycles. The van der Waals surface area contributed by atoms with Crippen LogP contribution in [-0.4, -0.2) is 19.1 Å². The van der Waals surface area contributed by atoms with Gasteiger partial charge in [-0.05, 0) is 88.6 Å². The number of fused-ring (bicyclic) bond motifs is 10. The van der Waals surface area contributed by atoms with E-state index in [-0.39, 0.29) is 0 Å². The number of furan rings is 1. The Hall–Kier alpha value is -7.50. The average molecular weight is 703 g/mol. The maximum absolute atomic E-state index is 6.69. The summed E-state index contributed by atoms with van der Waals surface area (Å²) in [4.78, 5) is 10.8. The van der Waals surface area contributed by atoms with Crippen molar-refractivity contribution in [2.45, 2.75) is 0 Å². The van der Waals surface area contributed by atoms with Crippen LogP contribution in [0.25, 0.3) is 110 Å². The van der Waals surface area contributed by atoms with E-state index in [9.17, 15) is 0 Å². The molecule has 0 saturated carbocycles. The van der Waals surface area contributed by atoms with Gasteiger partial charge in [0.05, 0.1) is 27.5 Å². The Morgan fingerprint density at radius 3 is 1.76 bits per heavy atom. The minimum atomic E-state index is 0.554. The normalized spacial score (nSPS) is 12.0. The molecule has 8 aromatic carbocycles. The van der Waals surface area contributed by atoms with Crippen molar-refractivity contribution in [2.24, 2.45) is 0 Å². The maximum Gasteiger partial charge on any atom is 0.233 e. The SMILES string of the molecule is c1ccc(-c2ccc3oc4nc(-c5ccc6c(c5)c5ccccc5n6-c5ccccc5)nc(-n5c6ccccc6c6cc7ccccc7cc65)c4c3c2)cc1. The van der Waals surface area contributed by atoms with E-state index in [2.05, 4.69) is 185 Å². The Kier molecular flexibility index (Phi) is 6.27. The Morgan fingerprint density at radius 1 is 0.382 bits per heavy atom. The first-order valence-electron chi connectivity index (χ1n) is 18.6. The van der Waals surface area contributed by atoms with Crippen LogP contribution >= 0.6 is 0 Å². The fourth-order valence-electron chi connectivity index (χ4n) is 8.61. The molecule has 0 spiro atoms. The lowest BCUT2D eigenvalue weighted by Gasteiger charge is -2.12. The Labute approximate surface area is 315 Å². The van der Waals surface area contributed by atoms with Crippen LogP contribution in [0.2, 0.25) is 0 Å². The zero-order valence-electron chi connectivity index (χ0n) is 29.5. The molecule has 0 fully saturated rings. The van der Waals surface area contributed by atoms with E-state index >= 15 is 0 Å². The van der Waals surface area contributed by atoms with Gasteiger partial charge in [-0.3, -0.25) is 4.57 Å². The average Bonchev–Trinajstić information content (AvgIpc) is 3.90. The smallest absolute Gasteiger partial charge is 0.233 e. The molecule has 12 rings (SSSR count). The first-order valence-corrected chi connectivity index (χ1v) is 18.6. The first-order chi connectivity index (χ1) is 27.3. The molecule has 4 aromatic heterocycles. The van der Waals surface area contributed by atoms with Gasteiger partial charge in [0.1, 0.15) is 5.58 Å². The van der Waals surface area contributed by atoms with E-state index in [1.807, 2.05) is 6.07 Å². The Bertz CT molecular complexity index is 3480. The van der Waals surface area contributed by atoms with Crippen LogP contribution in [0.3, 0.4) is 0 Å². The van der Waals surface area contributed by atoms with Crippen molar-refractivity contribution in [2.75, 3.05) is 0 Å². The topological polar surface area (TPSA) is 48.8 Å². The Balaban J connectivity index is 1.18. The van der Waals surface area contributed by atoms with Gasteiger partial charge >= 0.3 is 0 Å². The summed E-state index contributed by atoms with van der Waals surface area (Å²) in [6.45, 7) is 0. The van der Waals surface area contributed by atoms with Crippen molar-refractivity contribution in [1.29, 1.82) is 0 Å². The van der Waals surface area contributed by atoms with Crippen LogP contribution in [0.1, 0.15) is 0 Å². The molecule has 5 nitrogen and oxygen atoms in total. The van der Waals surface area contributed by atoms with Gasteiger partial charge < -0.3 is 8.98 Å². The zero-order valence-corrected chi connectivity index (χ0v) is 29.5. The van der Waals surface area contributed by atoms with Crippen molar-refractivity contribution in [3.05, 3.63) is 182 Å². The molecule has 0 unspecified atom stereocenters. The van der Waals surface area contributed by atoms with Gasteiger partial charge in [-0.15, -0.1) is 0 Å². The largest absolute Gasteiger partial charge is 0.437 e. The second kappa shape index (κ2) is 11.5. The molecule has 12 aromatic rings. The minimum absolute atomic E-state index is 0.554. The number of nitrogens with zero attached hydrogens (tertiary/aromatic N) is 4. The fourth-order valence-corrected chi connectivity index (χ4v) is 8.61. The summed E-state index contributed by atoms with van der Waals surface area (Å²) in [5.41, 5.74) is 10.1. The lowest BCUT2D eigenvalue weighted by atomic mass is 10.0. The molecular formula is C50H30N4O. The highest BCUT2D eigenvalue weighted by Gasteiger charge is 2.23. The molecule has 0 bridgehead atoms. The van der Waals surface area contributed by atoms with Crippen molar-refractivity contribution in [3.63, 3.8) is 0 Å². The van der Waals surface area contributed by atoms with E-state index < -0.39 is 0 Å². The quantitative estimate of drug-likeness (QED) is 0.183. The fraction of sp³-hybridized carbons (Fsp3) is 0. The van der Waals surface area contributed by atoms with Crippen LogP contribution in [-0.2, 0) is 0 Å². The monoisotopic (exact) mass is 702 g/mol. The van der Waals surface area contributed by atoms with Gasteiger partial charge in [-0.1, -0.05) is 115 Å². The van der Waals surface area contributed by atoms with Gasteiger partial charge in [0.25, 0.3) is 0 Å². The summed E-state index contributed by atoms with van der Waals surface area (Å²) in [5, 5.41) is 8.91. The van der Waals surface area contributed by atoms with Crippen LogP contribution in [0.4, 0.5) is 0 Å². The molecule has 0 N–H and O–H groups in total. The third-order valence-electron chi connectivity index (χ3n) is 11.1. The minimum Gasteiger partial charge on any atom is -0.437 e. The number of hydrogen-bond acceptors (Lipinski definition) is 3. The summed E-state index contributed by atoms with van der Waals surface area (Å²) in [6.07, 6.45) is 0. The van der Waals surface area contributed by atoms with E-state index in [1.54, 1.807) is 0 Å². The van der Waals surface area contributed by atoms with Crippen molar-refractivity contribution >= 4 is 76.5 Å².